The molecule has 1 aliphatic heterocycles. The highest BCUT2D eigenvalue weighted by atomic mass is 15.2. The van der Waals surface area contributed by atoms with Crippen molar-refractivity contribution in [3.63, 3.8) is 0 Å². The molecule has 1 saturated heterocycles. The predicted molar refractivity (Wildman–Crippen MR) is 76.5 cm³/mol. The van der Waals surface area contributed by atoms with Gasteiger partial charge in [0.1, 0.15) is 5.52 Å². The van der Waals surface area contributed by atoms with Crippen molar-refractivity contribution in [2.45, 2.75) is 32.7 Å². The third-order valence-electron chi connectivity index (χ3n) is 3.92. The summed E-state index contributed by atoms with van der Waals surface area (Å²) in [4.78, 5) is 6.98. The molecule has 2 aromatic rings. The number of hydrogen-bond donors (Lipinski definition) is 1. The molecule has 0 aromatic carbocycles. The van der Waals surface area contributed by atoms with E-state index >= 15 is 0 Å². The molecule has 3 heterocycles. The molecule has 0 aliphatic carbocycles. The van der Waals surface area contributed by atoms with Gasteiger partial charge in [0, 0.05) is 25.0 Å². The average molecular weight is 259 g/mol. The zero-order valence-corrected chi connectivity index (χ0v) is 11.6. The minimum Gasteiger partial charge on any atom is -0.367 e. The summed E-state index contributed by atoms with van der Waals surface area (Å²) >= 11 is 0. The van der Waals surface area contributed by atoms with E-state index < -0.39 is 0 Å². The van der Waals surface area contributed by atoms with Crippen LogP contribution >= 0.6 is 0 Å². The summed E-state index contributed by atoms with van der Waals surface area (Å²) in [6.45, 7) is 7.57. The summed E-state index contributed by atoms with van der Waals surface area (Å²) in [6.07, 6.45) is 6.28. The van der Waals surface area contributed by atoms with Crippen molar-refractivity contribution in [3.05, 3.63) is 24.2 Å². The van der Waals surface area contributed by atoms with Gasteiger partial charge in [0.25, 0.3) is 0 Å². The van der Waals surface area contributed by atoms with Gasteiger partial charge >= 0.3 is 0 Å². The largest absolute Gasteiger partial charge is 0.367 e. The molecule has 0 bridgehead atoms. The van der Waals surface area contributed by atoms with Crippen molar-refractivity contribution in [2.24, 2.45) is 0 Å². The lowest BCUT2D eigenvalue weighted by molar-refractivity contribution is 0.277. The summed E-state index contributed by atoms with van der Waals surface area (Å²) in [5.41, 5.74) is 2.08. The van der Waals surface area contributed by atoms with E-state index in [1.807, 2.05) is 17.6 Å². The van der Waals surface area contributed by atoms with Crippen molar-refractivity contribution >= 4 is 11.3 Å². The van der Waals surface area contributed by atoms with Crippen LogP contribution in [-0.4, -0.2) is 45.2 Å². The summed E-state index contributed by atoms with van der Waals surface area (Å²) in [5.74, 6) is 0.936. The van der Waals surface area contributed by atoms with Gasteiger partial charge in [0.05, 0.1) is 5.69 Å². The third-order valence-corrected chi connectivity index (χ3v) is 3.92. The Hall–Kier alpha value is -1.62. The van der Waals surface area contributed by atoms with Gasteiger partial charge in [-0.15, -0.1) is 0 Å². The standard InChI is InChI=1S/C14H21N5/c1-3-18-7-4-5-12(18)10-16-14-13-9-11(2)17-19(13)8-6-15-14/h6,8-9,12H,3-5,7,10H2,1-2H3,(H,15,16). The lowest BCUT2D eigenvalue weighted by Crippen LogP contribution is -2.34. The molecule has 1 atom stereocenters. The Morgan fingerprint density at radius 2 is 2.37 bits per heavy atom. The van der Waals surface area contributed by atoms with Crippen LogP contribution in [0.5, 0.6) is 0 Å². The van der Waals surface area contributed by atoms with Crippen LogP contribution in [0, 0.1) is 6.92 Å². The topological polar surface area (TPSA) is 45.5 Å². The smallest absolute Gasteiger partial charge is 0.152 e. The molecule has 0 amide bonds. The van der Waals surface area contributed by atoms with Gasteiger partial charge in [-0.1, -0.05) is 6.92 Å². The first-order valence-electron chi connectivity index (χ1n) is 7.07. The van der Waals surface area contributed by atoms with Crippen LogP contribution in [0.15, 0.2) is 18.5 Å². The van der Waals surface area contributed by atoms with Crippen molar-refractivity contribution in [1.82, 2.24) is 19.5 Å². The minimum absolute atomic E-state index is 0.635. The predicted octanol–water partition coefficient (Wildman–Crippen LogP) is 1.93. The lowest BCUT2D eigenvalue weighted by Gasteiger charge is -2.23. The maximum Gasteiger partial charge on any atom is 0.152 e. The van der Waals surface area contributed by atoms with Crippen LogP contribution in [0.25, 0.3) is 5.52 Å². The van der Waals surface area contributed by atoms with Crippen molar-refractivity contribution in [2.75, 3.05) is 25.0 Å². The molecule has 1 aliphatic rings. The highest BCUT2D eigenvalue weighted by molar-refractivity contribution is 5.67. The molecule has 1 N–H and O–H groups in total. The molecule has 0 saturated carbocycles. The SMILES string of the molecule is CCN1CCCC1CNc1nccn2nc(C)cc12. The maximum absolute atomic E-state index is 4.44. The van der Waals surface area contributed by atoms with E-state index in [9.17, 15) is 0 Å². The molecular weight excluding hydrogens is 238 g/mol. The summed E-state index contributed by atoms with van der Waals surface area (Å²) in [5, 5.41) is 7.90. The maximum atomic E-state index is 4.44. The monoisotopic (exact) mass is 259 g/mol. The van der Waals surface area contributed by atoms with Gasteiger partial charge in [-0.2, -0.15) is 5.10 Å². The highest BCUT2D eigenvalue weighted by Crippen LogP contribution is 2.19. The van der Waals surface area contributed by atoms with Crippen LogP contribution in [-0.2, 0) is 0 Å². The second-order valence-corrected chi connectivity index (χ2v) is 5.20. The van der Waals surface area contributed by atoms with Crippen LogP contribution in [0.1, 0.15) is 25.5 Å². The Kier molecular flexibility index (Phi) is 3.38. The van der Waals surface area contributed by atoms with Crippen molar-refractivity contribution in [3.8, 4) is 0 Å². The molecule has 19 heavy (non-hydrogen) atoms. The zero-order chi connectivity index (χ0) is 13.2. The second kappa shape index (κ2) is 5.17. The van der Waals surface area contributed by atoms with E-state index in [2.05, 4.69) is 33.3 Å². The van der Waals surface area contributed by atoms with E-state index in [0.29, 0.717) is 6.04 Å². The molecule has 3 rings (SSSR count). The van der Waals surface area contributed by atoms with Gasteiger partial charge < -0.3 is 5.32 Å². The summed E-state index contributed by atoms with van der Waals surface area (Å²) in [6, 6.07) is 2.71. The summed E-state index contributed by atoms with van der Waals surface area (Å²) < 4.78 is 1.89. The number of aryl methyl sites for hydroxylation is 1. The fourth-order valence-corrected chi connectivity index (χ4v) is 2.94. The molecule has 1 unspecified atom stereocenters. The van der Waals surface area contributed by atoms with Crippen LogP contribution in [0.2, 0.25) is 0 Å². The number of likely N-dealkylation sites (tertiary alicyclic amines) is 1. The van der Waals surface area contributed by atoms with Gasteiger partial charge in [-0.05, 0) is 38.9 Å². The Bertz CT molecular complexity index is 562. The first-order chi connectivity index (χ1) is 9.28. The van der Waals surface area contributed by atoms with Crippen molar-refractivity contribution in [1.29, 1.82) is 0 Å². The fraction of sp³-hybridized carbons (Fsp3) is 0.571. The Morgan fingerprint density at radius 3 is 3.21 bits per heavy atom. The van der Waals surface area contributed by atoms with Crippen LogP contribution < -0.4 is 5.32 Å². The second-order valence-electron chi connectivity index (χ2n) is 5.20. The van der Waals surface area contributed by atoms with Crippen LogP contribution in [0.4, 0.5) is 5.82 Å². The molecular formula is C14H21N5. The zero-order valence-electron chi connectivity index (χ0n) is 11.6. The number of rotatable bonds is 4. The Morgan fingerprint density at radius 1 is 1.47 bits per heavy atom. The van der Waals surface area contributed by atoms with E-state index in [-0.39, 0.29) is 0 Å². The lowest BCUT2D eigenvalue weighted by atomic mass is 10.2. The van der Waals surface area contributed by atoms with E-state index in [0.717, 1.165) is 30.1 Å². The first-order valence-corrected chi connectivity index (χ1v) is 7.07. The Labute approximate surface area is 113 Å². The van der Waals surface area contributed by atoms with Gasteiger partial charge in [0.15, 0.2) is 5.82 Å². The molecule has 102 valence electrons. The number of aromatic nitrogens is 3. The third kappa shape index (κ3) is 2.42. The Balaban J connectivity index is 1.74. The number of likely N-dealkylation sites (N-methyl/N-ethyl adjacent to an activating group) is 1. The molecule has 0 radical (unpaired) electrons. The number of nitrogens with zero attached hydrogens (tertiary/aromatic N) is 4. The first kappa shape index (κ1) is 12.4. The highest BCUT2D eigenvalue weighted by Gasteiger charge is 2.22. The van der Waals surface area contributed by atoms with Gasteiger partial charge in [-0.3, -0.25) is 4.90 Å². The molecule has 5 heteroatoms. The number of nitrogens with one attached hydrogen (secondary N) is 1. The molecule has 1 fully saturated rings. The van der Waals surface area contributed by atoms with Gasteiger partial charge in [0.2, 0.25) is 0 Å². The molecule has 5 nitrogen and oxygen atoms in total. The van der Waals surface area contributed by atoms with Crippen molar-refractivity contribution < 1.29 is 0 Å². The van der Waals surface area contributed by atoms with E-state index in [4.69, 9.17) is 0 Å². The average Bonchev–Trinajstić information content (AvgIpc) is 3.00. The number of fused-ring (bicyclic) bond motifs is 1. The molecule has 0 spiro atoms. The normalized spacial score (nSPS) is 20.2. The fourth-order valence-electron chi connectivity index (χ4n) is 2.94. The minimum atomic E-state index is 0.635. The number of hydrogen-bond acceptors (Lipinski definition) is 4. The van der Waals surface area contributed by atoms with E-state index in [1.165, 1.54) is 19.4 Å². The van der Waals surface area contributed by atoms with E-state index in [1.54, 1.807) is 6.20 Å². The number of anilines is 1. The van der Waals surface area contributed by atoms with Gasteiger partial charge in [-0.25, -0.2) is 9.50 Å². The summed E-state index contributed by atoms with van der Waals surface area (Å²) in [7, 11) is 0. The quantitative estimate of drug-likeness (QED) is 0.911. The van der Waals surface area contributed by atoms with Crippen LogP contribution in [0.3, 0.4) is 0 Å². The molecule has 2 aromatic heterocycles.